The van der Waals surface area contributed by atoms with Crippen LogP contribution >= 0.6 is 31.9 Å². The van der Waals surface area contributed by atoms with E-state index in [4.69, 9.17) is 18.6 Å². The van der Waals surface area contributed by atoms with Gasteiger partial charge in [0.15, 0.2) is 0 Å². The summed E-state index contributed by atoms with van der Waals surface area (Å²) in [6.07, 6.45) is 19.0. The predicted molar refractivity (Wildman–Crippen MR) is 233 cm³/mol. The molecule has 0 radical (unpaired) electrons. The molecule has 0 bridgehead atoms. The highest BCUT2D eigenvalue weighted by Crippen LogP contribution is 2.55. The molecule has 4 aliphatic rings. The van der Waals surface area contributed by atoms with Crippen LogP contribution in [0.4, 0.5) is 0 Å². The Kier molecular flexibility index (Phi) is 12.5. The van der Waals surface area contributed by atoms with Gasteiger partial charge in [0.25, 0.3) is 0 Å². The summed E-state index contributed by atoms with van der Waals surface area (Å²) in [5, 5.41) is 0. The number of unbranched alkanes of at least 4 members (excludes halogenated alkanes) is 2. The van der Waals surface area contributed by atoms with Crippen molar-refractivity contribution in [2.24, 2.45) is 0 Å². The molecule has 2 saturated heterocycles. The van der Waals surface area contributed by atoms with E-state index in [0.29, 0.717) is 26.4 Å². The van der Waals surface area contributed by atoms with Crippen molar-refractivity contribution in [1.82, 2.24) is 0 Å². The van der Waals surface area contributed by atoms with Crippen molar-refractivity contribution in [2.75, 3.05) is 26.4 Å². The van der Waals surface area contributed by atoms with Gasteiger partial charge in [0, 0.05) is 19.8 Å². The van der Waals surface area contributed by atoms with Crippen LogP contribution in [-0.4, -0.2) is 40.7 Å². The number of hydrogen-bond donors (Lipinski definition) is 0. The quantitative estimate of drug-likeness (QED) is 0.0809. The van der Waals surface area contributed by atoms with Crippen LogP contribution in [0.1, 0.15) is 74.6 Å². The lowest BCUT2D eigenvalue weighted by Crippen LogP contribution is -2.33. The molecule has 2 aliphatic carbocycles. The molecule has 0 unspecified atom stereocenters. The minimum Gasteiger partial charge on any atom is -0.405 e. The third-order valence-corrected chi connectivity index (χ3v) is 12.3. The van der Waals surface area contributed by atoms with Gasteiger partial charge in [0.05, 0.1) is 26.4 Å². The Morgan fingerprint density at radius 3 is 1.37 bits per heavy atom. The van der Waals surface area contributed by atoms with Crippen molar-refractivity contribution in [3.05, 3.63) is 154 Å². The molecule has 4 aromatic rings. The van der Waals surface area contributed by atoms with E-state index in [1.54, 1.807) is 0 Å². The van der Waals surface area contributed by atoms with Crippen LogP contribution in [0.25, 0.3) is 22.3 Å². The van der Waals surface area contributed by atoms with Crippen molar-refractivity contribution in [3.8, 4) is 22.3 Å². The molecule has 8 heteroatoms. The van der Waals surface area contributed by atoms with Gasteiger partial charge >= 0.3 is 14.2 Å². The lowest BCUT2D eigenvalue weighted by Gasteiger charge is -2.33. The van der Waals surface area contributed by atoms with E-state index < -0.39 is 0 Å². The molecule has 2 fully saturated rings. The average molecular weight is 846 g/mol. The zero-order valence-corrected chi connectivity index (χ0v) is 34.6. The summed E-state index contributed by atoms with van der Waals surface area (Å²) < 4.78 is 25.0. The van der Waals surface area contributed by atoms with E-state index in [2.05, 4.69) is 156 Å². The molecule has 276 valence electrons. The van der Waals surface area contributed by atoms with Crippen molar-refractivity contribution in [1.29, 1.82) is 0 Å². The molecule has 2 heterocycles. The average Bonchev–Trinajstić information content (AvgIpc) is 3.99. The fourth-order valence-electron chi connectivity index (χ4n) is 8.70. The monoisotopic (exact) mass is 844 g/mol. The van der Waals surface area contributed by atoms with E-state index in [0.717, 1.165) is 58.4 Å². The summed E-state index contributed by atoms with van der Waals surface area (Å²) in [5.41, 5.74) is 13.1. The minimum absolute atomic E-state index is 0.0578. The molecule has 2 aliphatic heterocycles. The van der Waals surface area contributed by atoms with Gasteiger partial charge in [-0.1, -0.05) is 144 Å². The van der Waals surface area contributed by atoms with Gasteiger partial charge in [0.1, 0.15) is 0 Å². The molecule has 0 atom stereocenters. The van der Waals surface area contributed by atoms with E-state index in [1.807, 2.05) is 12.2 Å². The first-order valence-corrected chi connectivity index (χ1v) is 20.8. The van der Waals surface area contributed by atoms with E-state index in [9.17, 15) is 0 Å². The highest BCUT2D eigenvalue weighted by molar-refractivity contribution is 9.10. The Morgan fingerprint density at radius 2 is 0.963 bits per heavy atom. The van der Waals surface area contributed by atoms with Crippen LogP contribution in [0.15, 0.2) is 131 Å². The van der Waals surface area contributed by atoms with Crippen molar-refractivity contribution in [3.63, 3.8) is 0 Å². The molecule has 0 N–H and O–H groups in total. The lowest BCUT2D eigenvalue weighted by atomic mass is 9.71. The molecule has 0 amide bonds. The third kappa shape index (κ3) is 7.89. The second kappa shape index (κ2) is 17.3. The van der Waals surface area contributed by atoms with Crippen LogP contribution in [0.3, 0.4) is 0 Å². The molecule has 4 aromatic carbocycles. The van der Waals surface area contributed by atoms with E-state index in [1.165, 1.54) is 44.5 Å². The van der Waals surface area contributed by atoms with Gasteiger partial charge in [-0.3, -0.25) is 0 Å². The van der Waals surface area contributed by atoms with Gasteiger partial charge in [-0.05, 0) is 118 Å². The SMILES string of the molecule is C=C/C=C/CCCC1(CCC/C=C/C=C)c2cc(Br)ccc2-c2ccc(Br)cc21.CC1(C)c2cc(B3OCCO3)ccc2-c2ccc(B3OCCO3)cc21. The van der Waals surface area contributed by atoms with E-state index >= 15 is 0 Å². The van der Waals surface area contributed by atoms with Gasteiger partial charge < -0.3 is 18.6 Å². The molecular formula is C46H48B2Br2O4. The second-order valence-electron chi connectivity index (χ2n) is 15.0. The first-order valence-electron chi connectivity index (χ1n) is 19.2. The highest BCUT2D eigenvalue weighted by atomic mass is 79.9. The normalized spacial score (nSPS) is 17.3. The number of allylic oxidation sites excluding steroid dienone is 6. The Bertz CT molecular complexity index is 1910. The highest BCUT2D eigenvalue weighted by Gasteiger charge is 2.43. The maximum absolute atomic E-state index is 5.68. The van der Waals surface area contributed by atoms with Crippen molar-refractivity contribution in [2.45, 2.75) is 63.2 Å². The zero-order valence-electron chi connectivity index (χ0n) is 31.4. The summed E-state index contributed by atoms with van der Waals surface area (Å²) in [5.74, 6) is 0. The smallest absolute Gasteiger partial charge is 0.405 e. The maximum atomic E-state index is 5.68. The standard InChI is InChI=1S/C27H28Br2.C19H20B2O4/c1-3-5-7-9-11-17-27(18-12-10-8-6-4-2)25-19-21(28)13-15-23(25)24-16-14-22(29)20-26(24)27;1-19(2)17-11-13(20-22-7-8-23-20)3-5-15(17)16-6-4-14(12-18(16)19)21-24-9-10-25-21/h3-8,13-16,19-20H,1-2,9-12,17-18H2;3-6,11-12H,7-10H2,1-2H3/b7-5+,8-6+;. The van der Waals surface area contributed by atoms with Gasteiger partial charge in [-0.2, -0.15) is 0 Å². The third-order valence-electron chi connectivity index (χ3n) is 11.3. The van der Waals surface area contributed by atoms with Crippen LogP contribution in [-0.2, 0) is 29.4 Å². The summed E-state index contributed by atoms with van der Waals surface area (Å²) >= 11 is 7.45. The number of halogens is 2. The fourth-order valence-corrected chi connectivity index (χ4v) is 9.42. The minimum atomic E-state index is -0.235. The van der Waals surface area contributed by atoms with Crippen LogP contribution in [0.2, 0.25) is 0 Å². The number of fused-ring (bicyclic) bond motifs is 6. The molecule has 54 heavy (non-hydrogen) atoms. The maximum Gasteiger partial charge on any atom is 0.494 e. The summed E-state index contributed by atoms with van der Waals surface area (Å²) in [7, 11) is -0.471. The Labute approximate surface area is 339 Å². The Balaban J connectivity index is 0.000000168. The largest absolute Gasteiger partial charge is 0.494 e. The molecule has 0 saturated carbocycles. The Morgan fingerprint density at radius 1 is 0.574 bits per heavy atom. The van der Waals surface area contributed by atoms with Crippen LogP contribution in [0.5, 0.6) is 0 Å². The number of rotatable bonds is 12. The van der Waals surface area contributed by atoms with Crippen LogP contribution in [0, 0.1) is 0 Å². The van der Waals surface area contributed by atoms with E-state index in [-0.39, 0.29) is 25.1 Å². The summed E-state index contributed by atoms with van der Waals surface area (Å²) in [6, 6.07) is 26.7. The fraction of sp³-hybridized carbons (Fsp3) is 0.304. The van der Waals surface area contributed by atoms with Crippen molar-refractivity contribution >= 4 is 57.0 Å². The summed E-state index contributed by atoms with van der Waals surface area (Å²) in [6.45, 7) is 14.8. The second-order valence-corrected chi connectivity index (χ2v) is 16.8. The van der Waals surface area contributed by atoms with Crippen molar-refractivity contribution < 1.29 is 18.6 Å². The number of benzene rings is 4. The first kappa shape index (κ1) is 39.0. The van der Waals surface area contributed by atoms with Gasteiger partial charge in [-0.25, -0.2) is 0 Å². The topological polar surface area (TPSA) is 36.9 Å². The molecule has 0 spiro atoms. The molecule has 8 rings (SSSR count). The molecule has 0 aromatic heterocycles. The van der Waals surface area contributed by atoms with Crippen LogP contribution < -0.4 is 10.9 Å². The zero-order chi connectivity index (χ0) is 37.7. The molecule has 4 nitrogen and oxygen atoms in total. The van der Waals surface area contributed by atoms with Gasteiger partial charge in [-0.15, -0.1) is 0 Å². The predicted octanol–water partition coefficient (Wildman–Crippen LogP) is 10.8. The first-order chi connectivity index (χ1) is 26.3. The lowest BCUT2D eigenvalue weighted by molar-refractivity contribution is 0.365. The Hall–Kier alpha value is -3.23. The van der Waals surface area contributed by atoms with Gasteiger partial charge in [0.2, 0.25) is 0 Å². The molecular weight excluding hydrogens is 798 g/mol. The number of hydrogen-bond acceptors (Lipinski definition) is 4. The summed E-state index contributed by atoms with van der Waals surface area (Å²) in [4.78, 5) is 0.